The van der Waals surface area contributed by atoms with Crippen molar-refractivity contribution < 1.29 is 9.59 Å². The number of Topliss-reactive ketones (excluding diaryl/α,β-unsaturated/α-hetero) is 1. The summed E-state index contributed by atoms with van der Waals surface area (Å²) in [6.07, 6.45) is 5.25. The van der Waals surface area contributed by atoms with E-state index in [-0.39, 0.29) is 35.1 Å². The third-order valence-electron chi connectivity index (χ3n) is 8.19. The van der Waals surface area contributed by atoms with E-state index in [1.54, 1.807) is 6.92 Å². The molecule has 0 bridgehead atoms. The summed E-state index contributed by atoms with van der Waals surface area (Å²) in [6.45, 7) is 14.8. The Labute approximate surface area is 200 Å². The van der Waals surface area contributed by atoms with Crippen molar-refractivity contribution in [3.8, 4) is 11.3 Å². The van der Waals surface area contributed by atoms with Crippen LogP contribution in [0.25, 0.3) is 16.1 Å². The largest absolute Gasteiger partial charge is 0.343 e. The highest BCUT2D eigenvalue weighted by molar-refractivity contribution is 6.00. The van der Waals surface area contributed by atoms with Gasteiger partial charge >= 0.3 is 0 Å². The zero-order chi connectivity index (χ0) is 24.0. The molecule has 174 valence electrons. The number of amides is 1. The molecule has 5 rings (SSSR count). The van der Waals surface area contributed by atoms with Crippen molar-refractivity contribution >= 4 is 11.7 Å². The van der Waals surface area contributed by atoms with E-state index in [0.29, 0.717) is 13.1 Å². The summed E-state index contributed by atoms with van der Waals surface area (Å²) >= 11 is 0. The summed E-state index contributed by atoms with van der Waals surface area (Å²) in [4.78, 5) is 40.4. The number of carbonyl (C=O) groups is 2. The van der Waals surface area contributed by atoms with E-state index >= 15 is 0 Å². The van der Waals surface area contributed by atoms with Crippen molar-refractivity contribution in [1.82, 2.24) is 14.9 Å². The van der Waals surface area contributed by atoms with Gasteiger partial charge in [0.15, 0.2) is 5.78 Å². The molecule has 2 aromatic rings. The van der Waals surface area contributed by atoms with Gasteiger partial charge < -0.3 is 9.69 Å². The van der Waals surface area contributed by atoms with E-state index < -0.39 is 5.41 Å². The number of benzene rings is 1. The van der Waals surface area contributed by atoms with Gasteiger partial charge in [-0.25, -0.2) is 14.8 Å². The lowest BCUT2D eigenvalue weighted by atomic mass is 9.58. The molecule has 0 saturated carbocycles. The number of hydrogen-bond acceptors (Lipinski definition) is 4. The van der Waals surface area contributed by atoms with Crippen LogP contribution in [0, 0.1) is 18.4 Å². The molecule has 1 saturated heterocycles. The topological polar surface area (TPSA) is 67.5 Å². The molecular formula is C28H30N4O2. The summed E-state index contributed by atoms with van der Waals surface area (Å²) in [5.41, 5.74) is 3.90. The second-order valence-electron chi connectivity index (χ2n) is 10.1. The molecule has 1 fully saturated rings. The Bertz CT molecular complexity index is 1220. The van der Waals surface area contributed by atoms with Gasteiger partial charge in [0, 0.05) is 48.4 Å². The Kier molecular flexibility index (Phi) is 5.59. The first-order valence-corrected chi connectivity index (χ1v) is 12.2. The highest BCUT2D eigenvalue weighted by atomic mass is 16.2. The molecule has 1 amide bonds. The zero-order valence-electron chi connectivity index (χ0n) is 20.0. The number of fused-ring (bicyclic) bond motifs is 3. The minimum absolute atomic E-state index is 0.0462. The first-order valence-electron chi connectivity index (χ1n) is 12.2. The number of likely N-dealkylation sites (tertiary alicyclic amines) is 1. The molecule has 6 nitrogen and oxygen atoms in total. The van der Waals surface area contributed by atoms with Crippen LogP contribution in [0.3, 0.4) is 0 Å². The van der Waals surface area contributed by atoms with E-state index in [2.05, 4.69) is 23.9 Å². The van der Waals surface area contributed by atoms with E-state index in [4.69, 9.17) is 16.5 Å². The van der Waals surface area contributed by atoms with Crippen molar-refractivity contribution in [2.75, 3.05) is 13.1 Å². The standard InChI is InChI=1S/C28H30N4O2/c1-17-22-11-10-21-24(19-8-6-5-7-9-19)30-27(20-12-14-32(15-13-20)18(2)33)31-26(21)28(22,3)16-23(29-4)25(17)34/h5-9,16-17,20,22H,10-15H2,1-3H3/t17-,22-,28-/m1/s1. The van der Waals surface area contributed by atoms with Gasteiger partial charge in [-0.2, -0.15) is 0 Å². The van der Waals surface area contributed by atoms with Crippen LogP contribution >= 0.6 is 0 Å². The molecule has 0 spiro atoms. The fraction of sp³-hybridized carbons (Fsp3) is 0.464. The molecule has 1 aliphatic heterocycles. The molecular weight excluding hydrogens is 424 g/mol. The number of allylic oxidation sites excluding steroid dienone is 2. The Morgan fingerprint density at radius 3 is 2.50 bits per heavy atom. The molecule has 0 unspecified atom stereocenters. The third kappa shape index (κ3) is 3.55. The molecule has 0 radical (unpaired) electrons. The SMILES string of the molecule is [C-]#[N+]C1=C[C@@]2(C)c3nc(C4CCN(C(C)=O)CC4)nc(-c4ccccc4)c3CC[C@@H]2[C@@H](C)C1=O. The van der Waals surface area contributed by atoms with Crippen LogP contribution in [-0.2, 0) is 21.4 Å². The Morgan fingerprint density at radius 1 is 1.15 bits per heavy atom. The van der Waals surface area contributed by atoms with Gasteiger partial charge in [-0.3, -0.25) is 4.79 Å². The monoisotopic (exact) mass is 454 g/mol. The van der Waals surface area contributed by atoms with Crippen LogP contribution in [-0.4, -0.2) is 39.6 Å². The minimum atomic E-state index is -0.484. The zero-order valence-corrected chi connectivity index (χ0v) is 20.0. The highest BCUT2D eigenvalue weighted by Gasteiger charge is 2.49. The van der Waals surface area contributed by atoms with Crippen LogP contribution in [0.4, 0.5) is 0 Å². The number of piperidine rings is 1. The quantitative estimate of drug-likeness (QED) is 0.617. The van der Waals surface area contributed by atoms with Crippen LogP contribution in [0.2, 0.25) is 0 Å². The summed E-state index contributed by atoms with van der Waals surface area (Å²) in [6, 6.07) is 10.2. The Hall–Kier alpha value is -3.33. The number of nitrogens with zero attached hydrogens (tertiary/aromatic N) is 4. The second kappa shape index (κ2) is 8.47. The molecule has 2 heterocycles. The summed E-state index contributed by atoms with van der Waals surface area (Å²) in [5, 5.41) is 0. The van der Waals surface area contributed by atoms with Crippen LogP contribution < -0.4 is 0 Å². The molecule has 6 heteroatoms. The average Bonchev–Trinajstić information content (AvgIpc) is 2.86. The molecule has 1 aromatic carbocycles. The smallest absolute Gasteiger partial charge is 0.226 e. The lowest BCUT2D eigenvalue weighted by Crippen LogP contribution is -2.46. The molecule has 0 N–H and O–H groups in total. The van der Waals surface area contributed by atoms with Gasteiger partial charge in [0.05, 0.1) is 18.0 Å². The lowest BCUT2D eigenvalue weighted by molar-refractivity contribution is -0.129. The van der Waals surface area contributed by atoms with E-state index in [0.717, 1.165) is 54.0 Å². The fourth-order valence-electron chi connectivity index (χ4n) is 6.23. The van der Waals surface area contributed by atoms with Gasteiger partial charge in [-0.15, -0.1) is 0 Å². The first-order chi connectivity index (χ1) is 16.3. The van der Waals surface area contributed by atoms with Gasteiger partial charge in [-0.05, 0) is 31.6 Å². The fourth-order valence-corrected chi connectivity index (χ4v) is 6.23. The van der Waals surface area contributed by atoms with Gasteiger partial charge in [0.25, 0.3) is 0 Å². The van der Waals surface area contributed by atoms with Crippen LogP contribution in [0.15, 0.2) is 42.1 Å². The lowest BCUT2D eigenvalue weighted by Gasteiger charge is -2.46. The van der Waals surface area contributed by atoms with Crippen molar-refractivity contribution in [1.29, 1.82) is 0 Å². The molecule has 2 aliphatic carbocycles. The number of ketones is 1. The normalized spacial score (nSPS) is 26.8. The third-order valence-corrected chi connectivity index (χ3v) is 8.19. The van der Waals surface area contributed by atoms with Gasteiger partial charge in [0.2, 0.25) is 11.6 Å². The maximum atomic E-state index is 12.8. The van der Waals surface area contributed by atoms with Crippen molar-refractivity contribution in [2.45, 2.75) is 57.8 Å². The van der Waals surface area contributed by atoms with E-state index in [9.17, 15) is 9.59 Å². The van der Waals surface area contributed by atoms with E-state index in [1.807, 2.05) is 36.1 Å². The number of aromatic nitrogens is 2. The first kappa shape index (κ1) is 22.5. The molecule has 3 atom stereocenters. The summed E-state index contributed by atoms with van der Waals surface area (Å²) in [7, 11) is 0. The van der Waals surface area contributed by atoms with Crippen molar-refractivity contribution in [3.63, 3.8) is 0 Å². The van der Waals surface area contributed by atoms with Crippen molar-refractivity contribution in [3.05, 3.63) is 70.6 Å². The maximum absolute atomic E-state index is 12.8. The van der Waals surface area contributed by atoms with Crippen LogP contribution in [0.1, 0.15) is 63.0 Å². The summed E-state index contributed by atoms with van der Waals surface area (Å²) in [5.74, 6) is 0.982. The number of carbonyl (C=O) groups excluding carboxylic acids is 2. The Balaban J connectivity index is 1.67. The van der Waals surface area contributed by atoms with Crippen LogP contribution in [0.5, 0.6) is 0 Å². The predicted octanol–water partition coefficient (Wildman–Crippen LogP) is 4.71. The number of rotatable bonds is 2. The maximum Gasteiger partial charge on any atom is 0.226 e. The second-order valence-corrected chi connectivity index (χ2v) is 10.1. The van der Waals surface area contributed by atoms with Gasteiger partial charge in [0.1, 0.15) is 5.82 Å². The molecule has 3 aliphatic rings. The van der Waals surface area contributed by atoms with E-state index in [1.165, 1.54) is 0 Å². The van der Waals surface area contributed by atoms with Crippen molar-refractivity contribution in [2.24, 2.45) is 11.8 Å². The average molecular weight is 455 g/mol. The highest BCUT2D eigenvalue weighted by Crippen LogP contribution is 2.51. The minimum Gasteiger partial charge on any atom is -0.343 e. The molecule has 1 aromatic heterocycles. The summed E-state index contributed by atoms with van der Waals surface area (Å²) < 4.78 is 0. The number of hydrogen-bond donors (Lipinski definition) is 0. The predicted molar refractivity (Wildman–Crippen MR) is 130 cm³/mol. The van der Waals surface area contributed by atoms with Gasteiger partial charge in [-0.1, -0.05) is 50.3 Å². The molecule has 34 heavy (non-hydrogen) atoms. The Morgan fingerprint density at radius 2 is 1.85 bits per heavy atom.